The van der Waals surface area contributed by atoms with Crippen LogP contribution < -0.4 is 10.2 Å². The average Bonchev–Trinajstić information content (AvgIpc) is 3.10. The molecule has 0 atom stereocenters. The summed E-state index contributed by atoms with van der Waals surface area (Å²) in [5, 5.41) is 11.6. The molecule has 1 aromatic heterocycles. The van der Waals surface area contributed by atoms with Crippen LogP contribution in [0.1, 0.15) is 28.8 Å². The third kappa shape index (κ3) is 3.07. The Balaban J connectivity index is 1.69. The number of pyridine rings is 1. The molecule has 3 rings (SSSR count). The number of amides is 1. The van der Waals surface area contributed by atoms with E-state index in [0.717, 1.165) is 18.8 Å². The van der Waals surface area contributed by atoms with Gasteiger partial charge in [0.1, 0.15) is 5.82 Å². The first kappa shape index (κ1) is 14.1. The third-order valence-electron chi connectivity index (χ3n) is 3.71. The van der Waals surface area contributed by atoms with E-state index in [0.29, 0.717) is 16.9 Å². The number of benzene rings is 1. The molecule has 0 unspecified atom stereocenters. The van der Waals surface area contributed by atoms with Gasteiger partial charge in [0, 0.05) is 18.7 Å². The number of carbonyl (C=O) groups is 1. The molecule has 1 amide bonds. The lowest BCUT2D eigenvalue weighted by molar-refractivity contribution is 0.102. The van der Waals surface area contributed by atoms with Gasteiger partial charge in [0.2, 0.25) is 0 Å². The zero-order chi connectivity index (χ0) is 15.4. The molecule has 2 aromatic rings. The number of rotatable bonds is 3. The van der Waals surface area contributed by atoms with Crippen molar-refractivity contribution in [1.82, 2.24) is 4.98 Å². The molecule has 0 spiro atoms. The van der Waals surface area contributed by atoms with E-state index in [9.17, 15) is 4.79 Å². The van der Waals surface area contributed by atoms with Gasteiger partial charge in [0.25, 0.3) is 5.91 Å². The van der Waals surface area contributed by atoms with E-state index >= 15 is 0 Å². The third-order valence-corrected chi connectivity index (χ3v) is 3.71. The highest BCUT2D eigenvalue weighted by atomic mass is 16.1. The lowest BCUT2D eigenvalue weighted by Gasteiger charge is -2.17. The van der Waals surface area contributed by atoms with Crippen LogP contribution >= 0.6 is 0 Å². The van der Waals surface area contributed by atoms with Crippen LogP contribution in [0.3, 0.4) is 0 Å². The second kappa shape index (κ2) is 6.27. The molecule has 0 radical (unpaired) electrons. The maximum Gasteiger partial charge on any atom is 0.256 e. The largest absolute Gasteiger partial charge is 0.370 e. The molecule has 1 N–H and O–H groups in total. The monoisotopic (exact) mass is 292 g/mol. The van der Waals surface area contributed by atoms with E-state index in [4.69, 9.17) is 5.26 Å². The van der Waals surface area contributed by atoms with E-state index in [1.54, 1.807) is 36.5 Å². The van der Waals surface area contributed by atoms with Crippen LogP contribution in [-0.2, 0) is 0 Å². The van der Waals surface area contributed by atoms with E-state index in [-0.39, 0.29) is 5.91 Å². The van der Waals surface area contributed by atoms with Gasteiger partial charge in [-0.1, -0.05) is 6.07 Å². The van der Waals surface area contributed by atoms with Crippen molar-refractivity contribution in [2.75, 3.05) is 23.3 Å². The fourth-order valence-corrected chi connectivity index (χ4v) is 2.54. The van der Waals surface area contributed by atoms with Gasteiger partial charge in [-0.3, -0.25) is 4.79 Å². The minimum absolute atomic E-state index is 0.265. The molecule has 110 valence electrons. The van der Waals surface area contributed by atoms with Crippen molar-refractivity contribution in [3.05, 3.63) is 53.7 Å². The molecule has 0 aliphatic carbocycles. The van der Waals surface area contributed by atoms with Crippen molar-refractivity contribution in [3.8, 4) is 6.07 Å². The first-order valence-corrected chi connectivity index (χ1v) is 7.29. The fourth-order valence-electron chi connectivity index (χ4n) is 2.54. The minimum atomic E-state index is -0.265. The predicted octanol–water partition coefficient (Wildman–Crippen LogP) is 2.81. The van der Waals surface area contributed by atoms with E-state index in [2.05, 4.69) is 15.2 Å². The van der Waals surface area contributed by atoms with Gasteiger partial charge in [-0.2, -0.15) is 5.26 Å². The summed E-state index contributed by atoms with van der Waals surface area (Å²) in [6.07, 6.45) is 4.22. The molecule has 1 aliphatic rings. The van der Waals surface area contributed by atoms with Crippen LogP contribution in [0.15, 0.2) is 42.6 Å². The van der Waals surface area contributed by atoms with Crippen molar-refractivity contribution < 1.29 is 4.79 Å². The number of carbonyl (C=O) groups excluding carboxylic acids is 1. The molecule has 5 heteroatoms. The van der Waals surface area contributed by atoms with Crippen molar-refractivity contribution in [3.63, 3.8) is 0 Å². The highest BCUT2D eigenvalue weighted by Gasteiger charge is 2.13. The second-order valence-corrected chi connectivity index (χ2v) is 5.24. The Morgan fingerprint density at radius 1 is 1.23 bits per heavy atom. The summed E-state index contributed by atoms with van der Waals surface area (Å²) in [7, 11) is 0. The van der Waals surface area contributed by atoms with Gasteiger partial charge in [0.15, 0.2) is 0 Å². The molecule has 1 aliphatic heterocycles. The molecule has 1 aromatic carbocycles. The highest BCUT2D eigenvalue weighted by molar-refractivity contribution is 6.04. The summed E-state index contributed by atoms with van der Waals surface area (Å²) in [6, 6.07) is 12.4. The van der Waals surface area contributed by atoms with Crippen LogP contribution in [0.25, 0.3) is 0 Å². The Kier molecular flexibility index (Phi) is 4.01. The van der Waals surface area contributed by atoms with Gasteiger partial charge >= 0.3 is 0 Å². The number of nitrogens with one attached hydrogen (secondary N) is 1. The minimum Gasteiger partial charge on any atom is -0.370 e. The number of anilines is 2. The highest BCUT2D eigenvalue weighted by Crippen LogP contribution is 2.20. The van der Waals surface area contributed by atoms with E-state index in [1.807, 2.05) is 12.1 Å². The SMILES string of the molecule is N#Cc1cccc(C(=O)Nc2ccc(N3CCCC3)cn2)c1. The van der Waals surface area contributed by atoms with Gasteiger partial charge in [-0.05, 0) is 43.2 Å². The number of hydrogen-bond acceptors (Lipinski definition) is 4. The van der Waals surface area contributed by atoms with E-state index < -0.39 is 0 Å². The summed E-state index contributed by atoms with van der Waals surface area (Å²) >= 11 is 0. The molecular weight excluding hydrogens is 276 g/mol. The lowest BCUT2D eigenvalue weighted by Crippen LogP contribution is -2.18. The average molecular weight is 292 g/mol. The van der Waals surface area contributed by atoms with Crippen molar-refractivity contribution in [1.29, 1.82) is 5.26 Å². The zero-order valence-corrected chi connectivity index (χ0v) is 12.1. The summed E-state index contributed by atoms with van der Waals surface area (Å²) in [5.41, 5.74) is 2.00. The molecule has 1 saturated heterocycles. The van der Waals surface area contributed by atoms with Crippen LogP contribution in [0.5, 0.6) is 0 Å². The first-order valence-electron chi connectivity index (χ1n) is 7.29. The maximum absolute atomic E-state index is 12.2. The normalized spacial score (nSPS) is 13.7. The maximum atomic E-state index is 12.2. The topological polar surface area (TPSA) is 69.0 Å². The Hall–Kier alpha value is -2.87. The first-order chi connectivity index (χ1) is 10.8. The van der Waals surface area contributed by atoms with Crippen LogP contribution in [0.4, 0.5) is 11.5 Å². The Labute approximate surface area is 129 Å². The standard InChI is InChI=1S/C17H16N4O/c18-11-13-4-3-5-14(10-13)17(22)20-16-7-6-15(12-19-16)21-8-1-2-9-21/h3-7,10,12H,1-2,8-9H2,(H,19,20,22). The van der Waals surface area contributed by atoms with Gasteiger partial charge in [-0.15, -0.1) is 0 Å². The quantitative estimate of drug-likeness (QED) is 0.944. The van der Waals surface area contributed by atoms with Crippen molar-refractivity contribution in [2.24, 2.45) is 0 Å². The van der Waals surface area contributed by atoms with Crippen LogP contribution in [0, 0.1) is 11.3 Å². The summed E-state index contributed by atoms with van der Waals surface area (Å²) in [5.74, 6) is 0.244. The van der Waals surface area contributed by atoms with Crippen molar-refractivity contribution in [2.45, 2.75) is 12.8 Å². The predicted molar refractivity (Wildman–Crippen MR) is 84.8 cm³/mol. The molecule has 0 bridgehead atoms. The van der Waals surface area contributed by atoms with Gasteiger partial charge in [0.05, 0.1) is 23.5 Å². The fraction of sp³-hybridized carbons (Fsp3) is 0.235. The molecule has 5 nitrogen and oxygen atoms in total. The lowest BCUT2D eigenvalue weighted by atomic mass is 10.1. The number of nitriles is 1. The summed E-state index contributed by atoms with van der Waals surface area (Å²) in [4.78, 5) is 18.7. The number of nitrogens with zero attached hydrogens (tertiary/aromatic N) is 3. The molecule has 22 heavy (non-hydrogen) atoms. The van der Waals surface area contributed by atoms with Crippen LogP contribution in [-0.4, -0.2) is 24.0 Å². The Bertz CT molecular complexity index is 712. The molecule has 1 fully saturated rings. The Morgan fingerprint density at radius 2 is 2.05 bits per heavy atom. The number of hydrogen-bond donors (Lipinski definition) is 1. The summed E-state index contributed by atoms with van der Waals surface area (Å²) < 4.78 is 0. The zero-order valence-electron chi connectivity index (χ0n) is 12.1. The van der Waals surface area contributed by atoms with Gasteiger partial charge in [-0.25, -0.2) is 4.98 Å². The van der Waals surface area contributed by atoms with Crippen molar-refractivity contribution >= 4 is 17.4 Å². The second-order valence-electron chi connectivity index (χ2n) is 5.24. The van der Waals surface area contributed by atoms with E-state index in [1.165, 1.54) is 12.8 Å². The smallest absolute Gasteiger partial charge is 0.256 e. The molecule has 2 heterocycles. The number of aromatic nitrogens is 1. The van der Waals surface area contributed by atoms with Gasteiger partial charge < -0.3 is 10.2 Å². The molecule has 0 saturated carbocycles. The summed E-state index contributed by atoms with van der Waals surface area (Å²) in [6.45, 7) is 2.13. The van der Waals surface area contributed by atoms with Crippen LogP contribution in [0.2, 0.25) is 0 Å². The Morgan fingerprint density at radius 3 is 2.73 bits per heavy atom. The molecular formula is C17H16N4O.